The molecule has 3 aliphatic rings. The summed E-state index contributed by atoms with van der Waals surface area (Å²) in [4.78, 5) is 40.5. The van der Waals surface area contributed by atoms with Crippen molar-refractivity contribution >= 4 is 29.5 Å². The Morgan fingerprint density at radius 1 is 1.13 bits per heavy atom. The standard InChI is InChI=1S/C26H23ClFN5O5/c27-17-11-18(28)23(38-13-19-20-7-3-4-9-33(20)30-29-19)22-16(17)8-10-31(26(36)37)21(22)12-32-24(34)14-5-1-2-6-15(14)25(32)35/h1-2,5-6,11,21H,3-4,7-10,12-13H2,(H,36,37)/t21-/m1/s1. The van der Waals surface area contributed by atoms with Crippen LogP contribution in [0.2, 0.25) is 5.02 Å². The molecule has 1 aromatic heterocycles. The molecular weight excluding hydrogens is 517 g/mol. The molecule has 10 nitrogen and oxygen atoms in total. The highest BCUT2D eigenvalue weighted by Crippen LogP contribution is 2.43. The summed E-state index contributed by atoms with van der Waals surface area (Å²) < 4.78 is 23.2. The van der Waals surface area contributed by atoms with Gasteiger partial charge in [-0.1, -0.05) is 28.9 Å². The third kappa shape index (κ3) is 3.89. The van der Waals surface area contributed by atoms with Crippen LogP contribution in [0.4, 0.5) is 9.18 Å². The van der Waals surface area contributed by atoms with Gasteiger partial charge >= 0.3 is 6.09 Å². The number of benzene rings is 2. The van der Waals surface area contributed by atoms with Crippen molar-refractivity contribution in [2.45, 2.75) is 44.9 Å². The van der Waals surface area contributed by atoms with Gasteiger partial charge in [-0.05, 0) is 49.4 Å². The number of aromatic nitrogens is 3. The lowest BCUT2D eigenvalue weighted by molar-refractivity contribution is 0.0565. The second kappa shape index (κ2) is 9.39. The zero-order chi connectivity index (χ0) is 26.6. The van der Waals surface area contributed by atoms with E-state index in [1.807, 2.05) is 4.68 Å². The number of carbonyl (C=O) groups is 3. The Balaban J connectivity index is 1.39. The van der Waals surface area contributed by atoms with Crippen LogP contribution in [-0.4, -0.2) is 60.9 Å². The van der Waals surface area contributed by atoms with Gasteiger partial charge in [-0.3, -0.25) is 19.4 Å². The molecule has 196 valence electrons. The van der Waals surface area contributed by atoms with Crippen LogP contribution in [0.15, 0.2) is 30.3 Å². The fourth-order valence-corrected chi connectivity index (χ4v) is 5.87. The molecule has 3 amide bonds. The van der Waals surface area contributed by atoms with Crippen LogP contribution in [0, 0.1) is 5.82 Å². The highest BCUT2D eigenvalue weighted by atomic mass is 35.5. The van der Waals surface area contributed by atoms with Gasteiger partial charge in [-0.15, -0.1) is 5.10 Å². The Morgan fingerprint density at radius 2 is 1.87 bits per heavy atom. The van der Waals surface area contributed by atoms with Gasteiger partial charge in [-0.25, -0.2) is 13.9 Å². The largest absolute Gasteiger partial charge is 0.484 e. The summed E-state index contributed by atoms with van der Waals surface area (Å²) in [6.45, 7) is 0.415. The van der Waals surface area contributed by atoms with E-state index in [0.717, 1.165) is 47.4 Å². The van der Waals surface area contributed by atoms with Crippen molar-refractivity contribution in [1.29, 1.82) is 0 Å². The molecule has 3 aliphatic heterocycles. The van der Waals surface area contributed by atoms with Gasteiger partial charge in [0, 0.05) is 23.7 Å². The predicted molar refractivity (Wildman–Crippen MR) is 132 cm³/mol. The summed E-state index contributed by atoms with van der Waals surface area (Å²) in [6.07, 6.45) is 1.72. The quantitative estimate of drug-likeness (QED) is 0.489. The van der Waals surface area contributed by atoms with Gasteiger partial charge in [0.2, 0.25) is 0 Å². The van der Waals surface area contributed by atoms with E-state index in [2.05, 4.69) is 10.3 Å². The van der Waals surface area contributed by atoms with Crippen LogP contribution >= 0.6 is 11.6 Å². The third-order valence-electron chi connectivity index (χ3n) is 7.42. The number of nitrogens with zero attached hydrogens (tertiary/aromatic N) is 5. The molecule has 3 aromatic rings. The SMILES string of the molecule is O=C1c2ccccc2C(=O)N1C[C@@H]1c2c(c(Cl)cc(F)c2OCc2nnn3c2CCCC3)CCN1C(=O)O. The molecule has 0 aliphatic carbocycles. The van der Waals surface area contributed by atoms with Crippen molar-refractivity contribution in [3.05, 3.63) is 74.8 Å². The number of halogens is 2. The fourth-order valence-electron chi connectivity index (χ4n) is 5.58. The Hall–Kier alpha value is -3.99. The maximum atomic E-state index is 15.4. The Kier molecular flexibility index (Phi) is 6.02. The second-order valence-electron chi connectivity index (χ2n) is 9.52. The first-order valence-electron chi connectivity index (χ1n) is 12.3. The van der Waals surface area contributed by atoms with Gasteiger partial charge < -0.3 is 9.84 Å². The molecular formula is C26H23ClFN5O5. The number of fused-ring (bicyclic) bond motifs is 3. The Labute approximate surface area is 221 Å². The van der Waals surface area contributed by atoms with Crippen molar-refractivity contribution < 1.29 is 28.6 Å². The Bertz CT molecular complexity index is 1460. The summed E-state index contributed by atoms with van der Waals surface area (Å²) in [7, 11) is 0. The maximum absolute atomic E-state index is 15.4. The molecule has 0 fully saturated rings. The molecule has 12 heteroatoms. The molecule has 0 unspecified atom stereocenters. The molecule has 1 atom stereocenters. The van der Waals surface area contributed by atoms with Crippen molar-refractivity contribution in [1.82, 2.24) is 24.8 Å². The maximum Gasteiger partial charge on any atom is 0.407 e. The topological polar surface area (TPSA) is 118 Å². The van der Waals surface area contributed by atoms with Crippen LogP contribution in [-0.2, 0) is 26.0 Å². The number of amides is 3. The second-order valence-corrected chi connectivity index (χ2v) is 9.93. The zero-order valence-corrected chi connectivity index (χ0v) is 20.9. The minimum atomic E-state index is -1.27. The van der Waals surface area contributed by atoms with Crippen LogP contribution in [0.5, 0.6) is 5.75 Å². The van der Waals surface area contributed by atoms with Crippen molar-refractivity contribution in [2.24, 2.45) is 0 Å². The highest BCUT2D eigenvalue weighted by molar-refractivity contribution is 6.31. The van der Waals surface area contributed by atoms with Crippen LogP contribution in [0.1, 0.15) is 62.1 Å². The normalized spacial score (nSPS) is 18.3. The monoisotopic (exact) mass is 539 g/mol. The molecule has 1 N–H and O–H groups in total. The average molecular weight is 540 g/mol. The molecule has 38 heavy (non-hydrogen) atoms. The van der Waals surface area contributed by atoms with Gasteiger partial charge in [0.25, 0.3) is 11.8 Å². The zero-order valence-electron chi connectivity index (χ0n) is 20.2. The predicted octanol–water partition coefficient (Wildman–Crippen LogP) is 3.86. The first-order valence-corrected chi connectivity index (χ1v) is 12.7. The lowest BCUT2D eigenvalue weighted by Crippen LogP contribution is -2.46. The fraction of sp³-hybridized carbons (Fsp3) is 0.346. The van der Waals surface area contributed by atoms with Crippen LogP contribution in [0.25, 0.3) is 0 Å². The summed E-state index contributed by atoms with van der Waals surface area (Å²) in [6, 6.07) is 6.45. The number of hydrogen-bond donors (Lipinski definition) is 1. The molecule has 0 radical (unpaired) electrons. The molecule has 4 heterocycles. The van der Waals surface area contributed by atoms with Crippen LogP contribution < -0.4 is 4.74 Å². The number of rotatable bonds is 5. The molecule has 0 spiro atoms. The van der Waals surface area contributed by atoms with Gasteiger partial charge in [0.05, 0.1) is 29.4 Å². The number of imide groups is 1. The summed E-state index contributed by atoms with van der Waals surface area (Å²) in [5.74, 6) is -2.02. The third-order valence-corrected chi connectivity index (χ3v) is 7.76. The van der Waals surface area contributed by atoms with E-state index < -0.39 is 29.8 Å². The minimum Gasteiger partial charge on any atom is -0.484 e. The van der Waals surface area contributed by atoms with Gasteiger partial charge in [0.1, 0.15) is 12.3 Å². The number of hydrogen-bond acceptors (Lipinski definition) is 6. The van der Waals surface area contributed by atoms with E-state index >= 15 is 4.39 Å². The molecule has 0 bridgehead atoms. The van der Waals surface area contributed by atoms with Gasteiger partial charge in [0.15, 0.2) is 11.6 Å². The van der Waals surface area contributed by atoms with Crippen molar-refractivity contribution in [3.63, 3.8) is 0 Å². The van der Waals surface area contributed by atoms with E-state index in [1.54, 1.807) is 24.3 Å². The molecule has 0 saturated heterocycles. The van der Waals surface area contributed by atoms with Crippen molar-refractivity contribution in [3.8, 4) is 5.75 Å². The average Bonchev–Trinajstić information content (AvgIpc) is 3.43. The van der Waals surface area contributed by atoms with E-state index in [-0.39, 0.29) is 53.6 Å². The lowest BCUT2D eigenvalue weighted by Gasteiger charge is -2.38. The summed E-state index contributed by atoms with van der Waals surface area (Å²) in [5.41, 5.74) is 2.71. The first-order chi connectivity index (χ1) is 18.3. The van der Waals surface area contributed by atoms with Gasteiger partial charge in [-0.2, -0.15) is 0 Å². The minimum absolute atomic E-state index is 0.0550. The Morgan fingerprint density at radius 3 is 2.58 bits per heavy atom. The lowest BCUT2D eigenvalue weighted by atomic mass is 9.91. The number of carboxylic acid groups (broad SMARTS) is 1. The summed E-state index contributed by atoms with van der Waals surface area (Å²) in [5, 5.41) is 18.5. The van der Waals surface area contributed by atoms with Crippen LogP contribution in [0.3, 0.4) is 0 Å². The van der Waals surface area contributed by atoms with Crippen molar-refractivity contribution in [2.75, 3.05) is 13.1 Å². The highest BCUT2D eigenvalue weighted by Gasteiger charge is 2.42. The van der Waals surface area contributed by atoms with E-state index in [0.29, 0.717) is 11.3 Å². The smallest absolute Gasteiger partial charge is 0.407 e. The molecule has 2 aromatic carbocycles. The summed E-state index contributed by atoms with van der Waals surface area (Å²) >= 11 is 6.42. The van der Waals surface area contributed by atoms with E-state index in [1.165, 1.54) is 0 Å². The number of carbonyl (C=O) groups excluding carboxylic acids is 2. The number of aryl methyl sites for hydroxylation is 1. The molecule has 6 rings (SSSR count). The van der Waals surface area contributed by atoms with E-state index in [4.69, 9.17) is 16.3 Å². The number of ether oxygens (including phenoxy) is 1. The molecule has 0 saturated carbocycles. The van der Waals surface area contributed by atoms with E-state index in [9.17, 15) is 19.5 Å². The first kappa shape index (κ1) is 24.4.